The molecule has 118 valence electrons. The minimum atomic E-state index is -3.17. The van der Waals surface area contributed by atoms with Gasteiger partial charge in [0, 0.05) is 19.1 Å². The van der Waals surface area contributed by atoms with E-state index in [0.29, 0.717) is 19.0 Å². The Labute approximate surface area is 122 Å². The Morgan fingerprint density at radius 1 is 1.40 bits per heavy atom. The number of ether oxygens (including phenoxy) is 1. The Hall–Kier alpha value is -0.210. The third-order valence-corrected chi connectivity index (χ3v) is 5.44. The standard InChI is InChI=1S/C13H27N3O3S/c1-2-14-6-4-8-20(17,18)15-9-13-10-16-7-3-5-12(16)11-19-13/h12-15H,2-11H2,1H3. The second-order valence-corrected chi connectivity index (χ2v) is 7.55. The molecule has 2 heterocycles. The van der Waals surface area contributed by atoms with Crippen LogP contribution in [0, 0.1) is 0 Å². The van der Waals surface area contributed by atoms with E-state index >= 15 is 0 Å². The number of hydrogen-bond donors (Lipinski definition) is 2. The first kappa shape index (κ1) is 16.2. The Bertz CT molecular complexity index is 388. The van der Waals surface area contributed by atoms with Crippen molar-refractivity contribution >= 4 is 10.0 Å². The zero-order chi connectivity index (χ0) is 14.4. The minimum absolute atomic E-state index is 0.00658. The van der Waals surface area contributed by atoms with Crippen LogP contribution in [0.25, 0.3) is 0 Å². The number of fused-ring (bicyclic) bond motifs is 1. The Morgan fingerprint density at radius 2 is 2.25 bits per heavy atom. The molecule has 2 N–H and O–H groups in total. The number of sulfonamides is 1. The summed E-state index contributed by atoms with van der Waals surface area (Å²) in [6.07, 6.45) is 3.08. The molecule has 0 aromatic rings. The molecule has 0 radical (unpaired) electrons. The lowest BCUT2D eigenvalue weighted by Gasteiger charge is -2.35. The molecular formula is C13H27N3O3S. The van der Waals surface area contributed by atoms with Gasteiger partial charge in [-0.25, -0.2) is 13.1 Å². The van der Waals surface area contributed by atoms with Gasteiger partial charge >= 0.3 is 0 Å². The van der Waals surface area contributed by atoms with Crippen molar-refractivity contribution in [3.8, 4) is 0 Å². The van der Waals surface area contributed by atoms with E-state index in [-0.39, 0.29) is 11.9 Å². The highest BCUT2D eigenvalue weighted by atomic mass is 32.2. The molecule has 6 nitrogen and oxygen atoms in total. The molecular weight excluding hydrogens is 278 g/mol. The van der Waals surface area contributed by atoms with E-state index in [1.165, 1.54) is 12.8 Å². The first-order chi connectivity index (χ1) is 9.61. The van der Waals surface area contributed by atoms with Crippen molar-refractivity contribution in [1.29, 1.82) is 0 Å². The summed E-state index contributed by atoms with van der Waals surface area (Å²) in [6.45, 7) is 6.75. The van der Waals surface area contributed by atoms with Crippen LogP contribution < -0.4 is 10.0 Å². The SMILES string of the molecule is CCNCCCS(=O)(=O)NCC1CN2CCCC2CO1. The highest BCUT2D eigenvalue weighted by Crippen LogP contribution is 2.22. The zero-order valence-electron chi connectivity index (χ0n) is 12.3. The van der Waals surface area contributed by atoms with Crippen molar-refractivity contribution in [2.45, 2.75) is 38.3 Å². The van der Waals surface area contributed by atoms with Gasteiger partial charge in [0.25, 0.3) is 0 Å². The van der Waals surface area contributed by atoms with E-state index < -0.39 is 10.0 Å². The van der Waals surface area contributed by atoms with Crippen LogP contribution in [0.1, 0.15) is 26.2 Å². The van der Waals surface area contributed by atoms with Crippen LogP contribution in [0.15, 0.2) is 0 Å². The summed E-state index contributed by atoms with van der Waals surface area (Å²) < 4.78 is 32.1. The van der Waals surface area contributed by atoms with Gasteiger partial charge in [-0.15, -0.1) is 0 Å². The Kier molecular flexibility index (Phi) is 6.22. The fourth-order valence-electron chi connectivity index (χ4n) is 2.87. The summed E-state index contributed by atoms with van der Waals surface area (Å²) >= 11 is 0. The summed E-state index contributed by atoms with van der Waals surface area (Å²) in [5.74, 6) is 0.180. The van der Waals surface area contributed by atoms with Gasteiger partial charge in [-0.05, 0) is 38.9 Å². The third kappa shape index (κ3) is 4.96. The average Bonchev–Trinajstić information content (AvgIpc) is 2.89. The van der Waals surface area contributed by atoms with Crippen LogP contribution in [0.4, 0.5) is 0 Å². The molecule has 2 aliphatic rings. The Balaban J connectivity index is 1.66. The van der Waals surface area contributed by atoms with Gasteiger partial charge in [-0.1, -0.05) is 6.92 Å². The minimum Gasteiger partial charge on any atom is -0.374 e. The van der Waals surface area contributed by atoms with Crippen LogP contribution in [0.2, 0.25) is 0 Å². The largest absolute Gasteiger partial charge is 0.374 e. The third-order valence-electron chi connectivity index (χ3n) is 4.01. The lowest BCUT2D eigenvalue weighted by Crippen LogP contribution is -2.50. The summed E-state index contributed by atoms with van der Waals surface area (Å²) in [5, 5.41) is 3.13. The quantitative estimate of drug-likeness (QED) is 0.606. The number of nitrogens with zero attached hydrogens (tertiary/aromatic N) is 1. The molecule has 2 fully saturated rings. The van der Waals surface area contributed by atoms with Gasteiger partial charge < -0.3 is 10.1 Å². The van der Waals surface area contributed by atoms with Crippen molar-refractivity contribution in [2.24, 2.45) is 0 Å². The van der Waals surface area contributed by atoms with Gasteiger partial charge in [0.15, 0.2) is 0 Å². The normalized spacial score (nSPS) is 27.6. The molecule has 20 heavy (non-hydrogen) atoms. The lowest BCUT2D eigenvalue weighted by molar-refractivity contribution is -0.0448. The molecule has 2 aliphatic heterocycles. The average molecular weight is 305 g/mol. The summed E-state index contributed by atoms with van der Waals surface area (Å²) in [4.78, 5) is 2.42. The van der Waals surface area contributed by atoms with Gasteiger partial charge in [0.2, 0.25) is 10.0 Å². The highest BCUT2D eigenvalue weighted by Gasteiger charge is 2.32. The van der Waals surface area contributed by atoms with E-state index in [2.05, 4.69) is 14.9 Å². The molecule has 0 aromatic heterocycles. The lowest BCUT2D eigenvalue weighted by atomic mass is 10.2. The van der Waals surface area contributed by atoms with Crippen LogP contribution in [-0.4, -0.2) is 70.5 Å². The molecule has 0 bridgehead atoms. The van der Waals surface area contributed by atoms with Crippen molar-refractivity contribution in [3.63, 3.8) is 0 Å². The molecule has 2 atom stereocenters. The maximum absolute atomic E-state index is 11.9. The van der Waals surface area contributed by atoms with Crippen molar-refractivity contribution in [2.75, 3.05) is 45.1 Å². The van der Waals surface area contributed by atoms with E-state index in [9.17, 15) is 8.42 Å². The second-order valence-electron chi connectivity index (χ2n) is 5.62. The van der Waals surface area contributed by atoms with Crippen LogP contribution >= 0.6 is 0 Å². The highest BCUT2D eigenvalue weighted by molar-refractivity contribution is 7.89. The molecule has 0 aromatic carbocycles. The van der Waals surface area contributed by atoms with E-state index in [0.717, 1.165) is 32.8 Å². The molecule has 0 saturated carbocycles. The molecule has 7 heteroatoms. The Morgan fingerprint density at radius 3 is 3.05 bits per heavy atom. The second kappa shape index (κ2) is 7.70. The van der Waals surface area contributed by atoms with E-state index in [1.807, 2.05) is 6.92 Å². The molecule has 2 unspecified atom stereocenters. The van der Waals surface area contributed by atoms with Crippen molar-refractivity contribution in [1.82, 2.24) is 14.9 Å². The predicted octanol–water partition coefficient (Wildman–Crippen LogP) is -0.231. The zero-order valence-corrected chi connectivity index (χ0v) is 13.1. The van der Waals surface area contributed by atoms with Gasteiger partial charge in [-0.2, -0.15) is 0 Å². The van der Waals surface area contributed by atoms with Crippen LogP contribution in [-0.2, 0) is 14.8 Å². The van der Waals surface area contributed by atoms with E-state index in [1.54, 1.807) is 0 Å². The van der Waals surface area contributed by atoms with Crippen molar-refractivity contribution in [3.05, 3.63) is 0 Å². The van der Waals surface area contributed by atoms with Gasteiger partial charge in [0.1, 0.15) is 0 Å². The monoisotopic (exact) mass is 305 g/mol. The van der Waals surface area contributed by atoms with Crippen molar-refractivity contribution < 1.29 is 13.2 Å². The molecule has 2 rings (SSSR count). The first-order valence-electron chi connectivity index (χ1n) is 7.64. The number of rotatable bonds is 8. The molecule has 0 spiro atoms. The molecule has 2 saturated heterocycles. The molecule has 0 aliphatic carbocycles. The maximum Gasteiger partial charge on any atom is 0.211 e. The predicted molar refractivity (Wildman–Crippen MR) is 79.3 cm³/mol. The van der Waals surface area contributed by atoms with Crippen LogP contribution in [0.3, 0.4) is 0 Å². The number of nitrogens with one attached hydrogen (secondary N) is 2. The maximum atomic E-state index is 11.9. The number of hydrogen-bond acceptors (Lipinski definition) is 5. The summed E-state index contributed by atoms with van der Waals surface area (Å²) in [5.41, 5.74) is 0. The fourth-order valence-corrected chi connectivity index (χ4v) is 3.97. The van der Waals surface area contributed by atoms with Crippen LogP contribution in [0.5, 0.6) is 0 Å². The summed E-state index contributed by atoms with van der Waals surface area (Å²) in [6, 6.07) is 0.558. The molecule has 0 amide bonds. The smallest absolute Gasteiger partial charge is 0.211 e. The fraction of sp³-hybridized carbons (Fsp3) is 1.00. The summed E-state index contributed by atoms with van der Waals surface area (Å²) in [7, 11) is -3.17. The first-order valence-corrected chi connectivity index (χ1v) is 9.29. The van der Waals surface area contributed by atoms with E-state index in [4.69, 9.17) is 4.74 Å². The van der Waals surface area contributed by atoms with Gasteiger partial charge in [-0.3, -0.25) is 4.90 Å². The number of morpholine rings is 1. The topological polar surface area (TPSA) is 70.7 Å². The van der Waals surface area contributed by atoms with Gasteiger partial charge in [0.05, 0.1) is 18.5 Å².